The molecule has 1 saturated carbocycles. The molecule has 0 bridgehead atoms. The second kappa shape index (κ2) is 8.25. The minimum Gasteiger partial charge on any atom is -0.490 e. The van der Waals surface area contributed by atoms with E-state index in [1.54, 1.807) is 0 Å². The zero-order valence-electron chi connectivity index (χ0n) is 12.0. The summed E-state index contributed by atoms with van der Waals surface area (Å²) in [7, 11) is 0. The van der Waals surface area contributed by atoms with Gasteiger partial charge < -0.3 is 20.3 Å². The van der Waals surface area contributed by atoms with Crippen LogP contribution in [0.3, 0.4) is 0 Å². The van der Waals surface area contributed by atoms with Gasteiger partial charge in [-0.25, -0.2) is 0 Å². The van der Waals surface area contributed by atoms with Gasteiger partial charge in [-0.15, -0.1) is 0 Å². The van der Waals surface area contributed by atoms with E-state index in [4.69, 9.17) is 15.2 Å². The van der Waals surface area contributed by atoms with Crippen molar-refractivity contribution in [2.45, 2.75) is 38.3 Å². The first-order valence-electron chi connectivity index (χ1n) is 7.46. The molecule has 0 aliphatic heterocycles. The molecule has 1 fully saturated rings. The van der Waals surface area contributed by atoms with E-state index < -0.39 is 6.10 Å². The summed E-state index contributed by atoms with van der Waals surface area (Å²) in [6, 6.07) is 7.62. The number of para-hydroxylation sites is 1. The average Bonchev–Trinajstić information content (AvgIpc) is 2.43. The Morgan fingerprint density at radius 2 is 2.05 bits per heavy atom. The Kier molecular flexibility index (Phi) is 6.30. The van der Waals surface area contributed by atoms with Gasteiger partial charge in [0.15, 0.2) is 0 Å². The van der Waals surface area contributed by atoms with Gasteiger partial charge in [0, 0.05) is 18.7 Å². The minimum absolute atomic E-state index is 0.237. The van der Waals surface area contributed by atoms with Gasteiger partial charge in [0.1, 0.15) is 18.5 Å². The molecule has 112 valence electrons. The third kappa shape index (κ3) is 4.78. The first-order chi connectivity index (χ1) is 9.79. The number of aliphatic hydroxyl groups excluding tert-OH is 1. The molecule has 1 aliphatic carbocycles. The highest BCUT2D eigenvalue weighted by molar-refractivity contribution is 5.32. The Bertz CT molecular complexity index is 393. The third-order valence-electron chi connectivity index (χ3n) is 3.83. The van der Waals surface area contributed by atoms with Crippen LogP contribution in [0, 0.1) is 5.92 Å². The summed E-state index contributed by atoms with van der Waals surface area (Å²) < 4.78 is 11.1. The van der Waals surface area contributed by atoms with E-state index >= 15 is 0 Å². The van der Waals surface area contributed by atoms with Gasteiger partial charge in [-0.2, -0.15) is 0 Å². The van der Waals surface area contributed by atoms with Crippen molar-refractivity contribution < 1.29 is 14.6 Å². The van der Waals surface area contributed by atoms with Crippen molar-refractivity contribution >= 4 is 0 Å². The predicted molar refractivity (Wildman–Crippen MR) is 78.6 cm³/mol. The normalized spacial score (nSPS) is 16.7. The standard InChI is InChI=1S/C16H25NO3/c17-10-14-6-1-2-7-16(14)20-12-15(18)11-19-9-8-13-4-3-5-13/h1-2,6-7,13,15,18H,3-5,8-12,17H2. The zero-order chi connectivity index (χ0) is 14.2. The van der Waals surface area contributed by atoms with Crippen LogP contribution in [0.5, 0.6) is 5.75 Å². The van der Waals surface area contributed by atoms with E-state index in [1.807, 2.05) is 24.3 Å². The van der Waals surface area contributed by atoms with E-state index in [-0.39, 0.29) is 6.61 Å². The lowest BCUT2D eigenvalue weighted by atomic mass is 9.83. The Labute approximate surface area is 120 Å². The predicted octanol–water partition coefficient (Wildman–Crippen LogP) is 2.09. The van der Waals surface area contributed by atoms with Crippen LogP contribution in [0.25, 0.3) is 0 Å². The molecule has 20 heavy (non-hydrogen) atoms. The quantitative estimate of drug-likeness (QED) is 0.679. The molecule has 0 spiro atoms. The van der Waals surface area contributed by atoms with Crippen LogP contribution in [0.15, 0.2) is 24.3 Å². The number of rotatable bonds is 9. The number of hydrogen-bond donors (Lipinski definition) is 2. The van der Waals surface area contributed by atoms with Crippen molar-refractivity contribution in [3.8, 4) is 5.75 Å². The van der Waals surface area contributed by atoms with Crippen molar-refractivity contribution in [2.24, 2.45) is 11.7 Å². The van der Waals surface area contributed by atoms with E-state index in [0.29, 0.717) is 13.2 Å². The zero-order valence-corrected chi connectivity index (χ0v) is 12.0. The maximum absolute atomic E-state index is 9.83. The van der Waals surface area contributed by atoms with Crippen LogP contribution in [0.2, 0.25) is 0 Å². The molecule has 1 aliphatic rings. The number of ether oxygens (including phenoxy) is 2. The van der Waals surface area contributed by atoms with E-state index in [0.717, 1.165) is 30.3 Å². The van der Waals surface area contributed by atoms with Crippen molar-refractivity contribution in [1.82, 2.24) is 0 Å². The molecule has 0 aromatic heterocycles. The fraction of sp³-hybridized carbons (Fsp3) is 0.625. The van der Waals surface area contributed by atoms with Crippen LogP contribution in [0.1, 0.15) is 31.2 Å². The summed E-state index contributed by atoms with van der Waals surface area (Å²) in [5.41, 5.74) is 6.58. The van der Waals surface area contributed by atoms with Gasteiger partial charge in [-0.05, 0) is 18.4 Å². The molecule has 1 atom stereocenters. The molecule has 0 saturated heterocycles. The monoisotopic (exact) mass is 279 g/mol. The second-order valence-electron chi connectivity index (χ2n) is 5.44. The van der Waals surface area contributed by atoms with Crippen LogP contribution in [-0.4, -0.2) is 31.0 Å². The van der Waals surface area contributed by atoms with Crippen LogP contribution >= 0.6 is 0 Å². The molecule has 3 N–H and O–H groups in total. The molecule has 4 heteroatoms. The molecule has 0 heterocycles. The summed E-state index contributed by atoms with van der Waals surface area (Å²) >= 11 is 0. The van der Waals surface area contributed by atoms with Gasteiger partial charge >= 0.3 is 0 Å². The van der Waals surface area contributed by atoms with E-state index in [9.17, 15) is 5.11 Å². The fourth-order valence-corrected chi connectivity index (χ4v) is 2.30. The number of aliphatic hydroxyl groups is 1. The summed E-state index contributed by atoms with van der Waals surface area (Å²) in [6.07, 6.45) is 4.56. The van der Waals surface area contributed by atoms with Crippen molar-refractivity contribution in [2.75, 3.05) is 19.8 Å². The summed E-state index contributed by atoms with van der Waals surface area (Å²) in [5.74, 6) is 1.59. The Morgan fingerprint density at radius 1 is 1.25 bits per heavy atom. The van der Waals surface area contributed by atoms with Crippen molar-refractivity contribution in [3.05, 3.63) is 29.8 Å². The van der Waals surface area contributed by atoms with Gasteiger partial charge in [0.05, 0.1) is 6.61 Å². The lowest BCUT2D eigenvalue weighted by Gasteiger charge is -2.25. The first kappa shape index (κ1) is 15.3. The highest BCUT2D eigenvalue weighted by Crippen LogP contribution is 2.29. The summed E-state index contributed by atoms with van der Waals surface area (Å²) in [4.78, 5) is 0. The molecular formula is C16H25NO3. The minimum atomic E-state index is -0.595. The van der Waals surface area contributed by atoms with Gasteiger partial charge in [0.2, 0.25) is 0 Å². The molecular weight excluding hydrogens is 254 g/mol. The Morgan fingerprint density at radius 3 is 2.75 bits per heavy atom. The summed E-state index contributed by atoms with van der Waals surface area (Å²) in [6.45, 7) is 1.74. The van der Waals surface area contributed by atoms with Gasteiger partial charge in [-0.1, -0.05) is 37.5 Å². The maximum Gasteiger partial charge on any atom is 0.123 e. The molecule has 0 amide bonds. The van der Waals surface area contributed by atoms with Crippen LogP contribution in [-0.2, 0) is 11.3 Å². The largest absolute Gasteiger partial charge is 0.490 e. The number of nitrogens with two attached hydrogens (primary N) is 1. The third-order valence-corrected chi connectivity index (χ3v) is 3.83. The topological polar surface area (TPSA) is 64.7 Å². The second-order valence-corrected chi connectivity index (χ2v) is 5.44. The molecule has 0 radical (unpaired) electrons. The average molecular weight is 279 g/mol. The van der Waals surface area contributed by atoms with Gasteiger partial charge in [0.25, 0.3) is 0 Å². The Hall–Kier alpha value is -1.10. The molecule has 4 nitrogen and oxygen atoms in total. The summed E-state index contributed by atoms with van der Waals surface area (Å²) in [5, 5.41) is 9.83. The Balaban J connectivity index is 1.60. The number of benzene rings is 1. The highest BCUT2D eigenvalue weighted by Gasteiger charge is 2.17. The first-order valence-corrected chi connectivity index (χ1v) is 7.46. The van der Waals surface area contributed by atoms with Crippen LogP contribution in [0.4, 0.5) is 0 Å². The smallest absolute Gasteiger partial charge is 0.123 e. The van der Waals surface area contributed by atoms with Crippen LogP contribution < -0.4 is 10.5 Å². The molecule has 1 aromatic rings. The lowest BCUT2D eigenvalue weighted by molar-refractivity contribution is 0.00545. The maximum atomic E-state index is 9.83. The highest BCUT2D eigenvalue weighted by atomic mass is 16.5. The molecule has 1 aromatic carbocycles. The van der Waals surface area contributed by atoms with E-state index in [1.165, 1.54) is 19.3 Å². The molecule has 2 rings (SSSR count). The fourth-order valence-electron chi connectivity index (χ4n) is 2.30. The lowest BCUT2D eigenvalue weighted by Crippen LogP contribution is -2.25. The number of hydrogen-bond acceptors (Lipinski definition) is 4. The van der Waals surface area contributed by atoms with Gasteiger partial charge in [-0.3, -0.25) is 0 Å². The molecule has 1 unspecified atom stereocenters. The SMILES string of the molecule is NCc1ccccc1OCC(O)COCCC1CCC1. The van der Waals surface area contributed by atoms with Crippen molar-refractivity contribution in [1.29, 1.82) is 0 Å². The van der Waals surface area contributed by atoms with Crippen molar-refractivity contribution in [3.63, 3.8) is 0 Å². The van der Waals surface area contributed by atoms with E-state index in [2.05, 4.69) is 0 Å².